The van der Waals surface area contributed by atoms with E-state index in [0.717, 1.165) is 10.7 Å². The van der Waals surface area contributed by atoms with Gasteiger partial charge >= 0.3 is 11.9 Å². The molecule has 0 radical (unpaired) electrons. The van der Waals surface area contributed by atoms with Gasteiger partial charge in [0, 0.05) is 10.7 Å². The fourth-order valence-electron chi connectivity index (χ4n) is 2.49. The molecule has 2 aromatic rings. The summed E-state index contributed by atoms with van der Waals surface area (Å²) in [7, 11) is -4.67. The van der Waals surface area contributed by atoms with E-state index < -0.39 is 28.7 Å². The van der Waals surface area contributed by atoms with Crippen LogP contribution in [0.15, 0.2) is 29.2 Å². The minimum absolute atomic E-state index is 0.102. The molecule has 0 unspecified atom stereocenters. The van der Waals surface area contributed by atoms with Gasteiger partial charge in [-0.3, -0.25) is 0 Å². The Bertz CT molecular complexity index is 1110. The lowest BCUT2D eigenvalue weighted by Crippen LogP contribution is -2.20. The minimum Gasteiger partial charge on any atom is -0.744 e. The van der Waals surface area contributed by atoms with E-state index >= 15 is 0 Å². The van der Waals surface area contributed by atoms with Crippen LogP contribution in [0, 0.1) is 17.6 Å². The van der Waals surface area contributed by atoms with E-state index in [2.05, 4.69) is 45.2 Å². The summed E-state index contributed by atoms with van der Waals surface area (Å²) in [6.07, 6.45) is 0. The molecule has 30 heavy (non-hydrogen) atoms. The number of aryl methyl sites for hydroxylation is 1. The zero-order chi connectivity index (χ0) is 22.8. The lowest BCUT2D eigenvalue weighted by molar-refractivity contribution is -0.137. The van der Waals surface area contributed by atoms with E-state index in [4.69, 9.17) is 9.47 Å². The number of ether oxygens (including phenoxy) is 2. The van der Waals surface area contributed by atoms with Crippen molar-refractivity contribution in [3.63, 3.8) is 0 Å². The first-order chi connectivity index (χ1) is 13.8. The number of esters is 2. The number of rotatable bonds is 6. The van der Waals surface area contributed by atoms with E-state index in [-0.39, 0.29) is 22.1 Å². The zero-order valence-corrected chi connectivity index (χ0v) is 23.3. The summed E-state index contributed by atoms with van der Waals surface area (Å²) in [5.74, 6) is -1.66. The maximum Gasteiger partial charge on any atom is 0.349 e. The summed E-state index contributed by atoms with van der Waals surface area (Å²) >= 11 is 6.32. The first-order valence-electron chi connectivity index (χ1n) is 8.44. The van der Waals surface area contributed by atoms with Gasteiger partial charge in [0.25, 0.3) is 0 Å². The molecule has 11 heteroatoms. The van der Waals surface area contributed by atoms with Gasteiger partial charge in [0.05, 0.1) is 10.5 Å². The Morgan fingerprint density at radius 1 is 1.10 bits per heavy atom. The molecule has 0 aliphatic carbocycles. The van der Waals surface area contributed by atoms with Gasteiger partial charge in [0.2, 0.25) is 0 Å². The molecule has 0 heterocycles. The highest BCUT2D eigenvalue weighted by Crippen LogP contribution is 2.31. The molecule has 2 aromatic carbocycles. The van der Waals surface area contributed by atoms with Crippen molar-refractivity contribution >= 4 is 89.8 Å². The molecule has 0 aromatic heterocycles. The minimum atomic E-state index is -4.67. The second kappa shape index (κ2) is 10.4. The van der Waals surface area contributed by atoms with Crippen molar-refractivity contribution in [3.8, 4) is 5.75 Å². The van der Waals surface area contributed by atoms with Gasteiger partial charge in [0.15, 0.2) is 6.61 Å². The van der Waals surface area contributed by atoms with Gasteiger partial charge in [0.1, 0.15) is 15.9 Å². The van der Waals surface area contributed by atoms with Crippen LogP contribution >= 0.6 is 67.8 Å². The third kappa shape index (κ3) is 6.26. The third-order valence-electron chi connectivity index (χ3n) is 4.00. The van der Waals surface area contributed by atoms with E-state index in [1.54, 1.807) is 26.0 Å². The second-order valence-electron chi connectivity index (χ2n) is 6.54. The normalized spacial score (nSPS) is 11.5. The summed E-state index contributed by atoms with van der Waals surface area (Å²) in [4.78, 5) is 24.2. The van der Waals surface area contributed by atoms with E-state index in [1.165, 1.54) is 19.1 Å². The van der Waals surface area contributed by atoms with Crippen LogP contribution in [0.5, 0.6) is 5.75 Å². The number of halogens is 3. The topological polar surface area (TPSA) is 110 Å². The summed E-state index contributed by atoms with van der Waals surface area (Å²) < 4.78 is 47.5. The number of benzene rings is 2. The molecular formula is C19H16I3O7S-. The second-order valence-corrected chi connectivity index (χ2v) is 11.2. The maximum atomic E-state index is 12.3. The summed E-state index contributed by atoms with van der Waals surface area (Å²) in [5.41, 5.74) is 0.894. The lowest BCUT2D eigenvalue weighted by atomic mass is 10.0. The Labute approximate surface area is 215 Å². The van der Waals surface area contributed by atoms with E-state index in [9.17, 15) is 22.6 Å². The van der Waals surface area contributed by atoms with E-state index in [0.29, 0.717) is 11.1 Å². The average molecular weight is 769 g/mol. The van der Waals surface area contributed by atoms with Gasteiger partial charge in [-0.2, -0.15) is 0 Å². The quantitative estimate of drug-likeness (QED) is 0.139. The van der Waals surface area contributed by atoms with Crippen LogP contribution in [-0.4, -0.2) is 31.5 Å². The van der Waals surface area contributed by atoms with Crippen molar-refractivity contribution in [1.29, 1.82) is 0 Å². The van der Waals surface area contributed by atoms with Crippen molar-refractivity contribution in [2.45, 2.75) is 31.6 Å². The highest BCUT2D eigenvalue weighted by Gasteiger charge is 2.20. The predicted molar refractivity (Wildman–Crippen MR) is 134 cm³/mol. The number of hydrogen-bond acceptors (Lipinski definition) is 7. The van der Waals surface area contributed by atoms with Crippen molar-refractivity contribution in [1.82, 2.24) is 0 Å². The Morgan fingerprint density at radius 3 is 2.30 bits per heavy atom. The molecule has 0 aliphatic heterocycles. The van der Waals surface area contributed by atoms with Gasteiger partial charge in [-0.15, -0.1) is 0 Å². The molecular weight excluding hydrogens is 753 g/mol. The maximum absolute atomic E-state index is 12.3. The molecule has 0 atom stereocenters. The lowest BCUT2D eigenvalue weighted by Gasteiger charge is -2.18. The molecule has 0 saturated heterocycles. The van der Waals surface area contributed by atoms with Gasteiger partial charge < -0.3 is 14.0 Å². The number of hydrogen-bond donors (Lipinski definition) is 0. The van der Waals surface area contributed by atoms with Crippen LogP contribution in [0.4, 0.5) is 0 Å². The molecule has 162 valence electrons. The average Bonchev–Trinajstić information content (AvgIpc) is 2.64. The molecule has 0 fully saturated rings. The summed E-state index contributed by atoms with van der Waals surface area (Å²) in [5, 5.41) is 0. The third-order valence-corrected chi connectivity index (χ3v) is 10.1. The number of carbonyl (C=O) groups is 2. The van der Waals surface area contributed by atoms with Crippen LogP contribution in [0.3, 0.4) is 0 Å². The largest absolute Gasteiger partial charge is 0.744 e. The Balaban J connectivity index is 2.16. The standard InChI is InChI=1S/C19H17I3O7S/c1-9(2)12-7-14(10(3)6-15(12)30(25,26)27)29-16(23)8-28-19(24)11-4-5-13(20)18(22)17(11)21/h4-7,9H,8H2,1-3H3,(H,25,26,27)/p-1. The monoisotopic (exact) mass is 769 g/mol. The number of carbonyl (C=O) groups excluding carboxylic acids is 2. The fourth-order valence-corrected chi connectivity index (χ4v) is 5.52. The Hall–Kier alpha value is -0.520. The molecule has 0 bridgehead atoms. The van der Waals surface area contributed by atoms with E-state index in [1.807, 2.05) is 22.6 Å². The van der Waals surface area contributed by atoms with Gasteiger partial charge in [-0.1, -0.05) is 13.8 Å². The van der Waals surface area contributed by atoms with Gasteiger partial charge in [-0.25, -0.2) is 18.0 Å². The first-order valence-corrected chi connectivity index (χ1v) is 13.1. The molecule has 0 saturated carbocycles. The van der Waals surface area contributed by atoms with Crippen molar-refractivity contribution < 1.29 is 32.0 Å². The molecule has 0 amide bonds. The first kappa shape index (κ1) is 25.7. The van der Waals surface area contributed by atoms with Crippen molar-refractivity contribution in [2.75, 3.05) is 6.61 Å². The van der Waals surface area contributed by atoms with Gasteiger partial charge in [-0.05, 0) is 116 Å². The Morgan fingerprint density at radius 2 is 1.73 bits per heavy atom. The SMILES string of the molecule is Cc1cc(S(=O)(=O)[O-])c(C(C)C)cc1OC(=O)COC(=O)c1ccc(I)c(I)c1I. The molecule has 2 rings (SSSR count). The van der Waals surface area contributed by atoms with Crippen LogP contribution in [0.2, 0.25) is 0 Å². The van der Waals surface area contributed by atoms with Crippen LogP contribution in [0.25, 0.3) is 0 Å². The van der Waals surface area contributed by atoms with Crippen LogP contribution in [-0.2, 0) is 19.6 Å². The molecule has 0 N–H and O–H groups in total. The van der Waals surface area contributed by atoms with Crippen molar-refractivity contribution in [3.05, 3.63) is 51.7 Å². The smallest absolute Gasteiger partial charge is 0.349 e. The van der Waals surface area contributed by atoms with Crippen LogP contribution in [0.1, 0.15) is 41.3 Å². The summed E-state index contributed by atoms with van der Waals surface area (Å²) in [6, 6.07) is 5.94. The zero-order valence-electron chi connectivity index (χ0n) is 16.0. The highest BCUT2D eigenvalue weighted by molar-refractivity contribution is 14.1. The molecule has 7 nitrogen and oxygen atoms in total. The Kier molecular flexibility index (Phi) is 8.92. The molecule has 0 aliphatic rings. The fraction of sp³-hybridized carbons (Fsp3) is 0.263. The van der Waals surface area contributed by atoms with Crippen LogP contribution < -0.4 is 4.74 Å². The predicted octanol–water partition coefficient (Wildman–Crippen LogP) is 4.60. The highest BCUT2D eigenvalue weighted by atomic mass is 127. The molecule has 0 spiro atoms. The summed E-state index contributed by atoms with van der Waals surface area (Å²) in [6.45, 7) is 4.34. The van der Waals surface area contributed by atoms with Crippen molar-refractivity contribution in [2.24, 2.45) is 0 Å².